The van der Waals surface area contributed by atoms with Gasteiger partial charge in [0.05, 0.1) is 13.2 Å². The molecule has 1 aromatic carbocycles. The number of esters is 2. The van der Waals surface area contributed by atoms with Crippen LogP contribution in [0.25, 0.3) is 0 Å². The van der Waals surface area contributed by atoms with Crippen LogP contribution < -0.4 is 0 Å². The first-order chi connectivity index (χ1) is 11.5. The van der Waals surface area contributed by atoms with Crippen LogP contribution in [-0.2, 0) is 19.1 Å². The smallest absolute Gasteiger partial charge is 0.327 e. The second-order valence-corrected chi connectivity index (χ2v) is 5.79. The van der Waals surface area contributed by atoms with Gasteiger partial charge in [-0.15, -0.1) is 0 Å². The van der Waals surface area contributed by atoms with Crippen LogP contribution in [0.1, 0.15) is 37.6 Å². The van der Waals surface area contributed by atoms with Crippen LogP contribution in [0.15, 0.2) is 42.0 Å². The van der Waals surface area contributed by atoms with E-state index in [-0.39, 0.29) is 25.4 Å². The zero-order valence-corrected chi connectivity index (χ0v) is 14.2. The Labute approximate surface area is 141 Å². The number of allylic oxidation sites excluding steroid dienone is 1. The van der Waals surface area contributed by atoms with Crippen LogP contribution in [0.4, 0.5) is 0 Å². The quantitative estimate of drug-likeness (QED) is 0.347. The molecule has 24 heavy (non-hydrogen) atoms. The number of carbonyl (C=O) groups excluding carboxylic acids is 3. The summed E-state index contributed by atoms with van der Waals surface area (Å²) in [6, 6.07) is 8.85. The Hall–Kier alpha value is -2.43. The molecule has 0 radical (unpaired) electrons. The first-order valence-electron chi connectivity index (χ1n) is 8.09. The lowest BCUT2D eigenvalue weighted by Crippen LogP contribution is -2.40. The molecule has 0 saturated carbocycles. The third-order valence-corrected chi connectivity index (χ3v) is 4.20. The zero-order valence-electron chi connectivity index (χ0n) is 14.2. The number of rotatable bonds is 6. The summed E-state index contributed by atoms with van der Waals surface area (Å²) in [7, 11) is 0. The van der Waals surface area contributed by atoms with E-state index in [1.54, 1.807) is 45.0 Å². The maximum Gasteiger partial charge on any atom is 0.327 e. The third-order valence-electron chi connectivity index (χ3n) is 4.20. The Morgan fingerprint density at radius 3 is 2.08 bits per heavy atom. The monoisotopic (exact) mass is 330 g/mol. The van der Waals surface area contributed by atoms with E-state index in [0.29, 0.717) is 11.1 Å². The molecule has 0 heterocycles. The van der Waals surface area contributed by atoms with Crippen molar-refractivity contribution in [1.82, 2.24) is 0 Å². The molecule has 1 atom stereocenters. The Bertz CT molecular complexity index is 642. The van der Waals surface area contributed by atoms with Gasteiger partial charge in [0, 0.05) is 11.5 Å². The fourth-order valence-corrected chi connectivity index (χ4v) is 3.02. The van der Waals surface area contributed by atoms with E-state index < -0.39 is 23.3 Å². The Kier molecular flexibility index (Phi) is 5.54. The molecule has 128 valence electrons. The zero-order chi connectivity index (χ0) is 17.7. The molecule has 1 unspecified atom stereocenters. The van der Waals surface area contributed by atoms with Gasteiger partial charge in [-0.2, -0.15) is 0 Å². The number of ketones is 1. The molecule has 0 aromatic heterocycles. The Balaban J connectivity index is 2.34. The normalized spacial score (nSPS) is 18.6. The lowest BCUT2D eigenvalue weighted by atomic mass is 9.83. The van der Waals surface area contributed by atoms with Crippen molar-refractivity contribution in [2.24, 2.45) is 11.3 Å². The maximum absolute atomic E-state index is 12.8. The maximum atomic E-state index is 12.8. The number of hydrogen-bond acceptors (Lipinski definition) is 5. The molecular weight excluding hydrogens is 308 g/mol. The number of benzene rings is 1. The minimum Gasteiger partial charge on any atom is -0.465 e. The third kappa shape index (κ3) is 3.25. The van der Waals surface area contributed by atoms with Crippen molar-refractivity contribution >= 4 is 17.7 Å². The predicted molar refractivity (Wildman–Crippen MR) is 88.3 cm³/mol. The molecule has 0 saturated heterocycles. The minimum atomic E-state index is -1.54. The molecule has 5 heteroatoms. The highest BCUT2D eigenvalue weighted by Gasteiger charge is 2.53. The lowest BCUT2D eigenvalue weighted by Gasteiger charge is -2.23. The topological polar surface area (TPSA) is 69.7 Å². The van der Waals surface area contributed by atoms with E-state index in [9.17, 15) is 14.4 Å². The molecule has 0 spiro atoms. The highest BCUT2D eigenvalue weighted by atomic mass is 16.6. The lowest BCUT2D eigenvalue weighted by molar-refractivity contribution is -0.168. The van der Waals surface area contributed by atoms with Crippen molar-refractivity contribution in [3.63, 3.8) is 0 Å². The van der Waals surface area contributed by atoms with Crippen LogP contribution in [0, 0.1) is 11.3 Å². The average Bonchev–Trinajstić information content (AvgIpc) is 2.94. The summed E-state index contributed by atoms with van der Waals surface area (Å²) in [6.45, 7) is 5.42. The fourth-order valence-electron chi connectivity index (χ4n) is 3.02. The summed E-state index contributed by atoms with van der Waals surface area (Å²) >= 11 is 0. The van der Waals surface area contributed by atoms with Crippen molar-refractivity contribution in [3.8, 4) is 0 Å². The van der Waals surface area contributed by atoms with Crippen molar-refractivity contribution < 1.29 is 23.9 Å². The van der Waals surface area contributed by atoms with Gasteiger partial charge in [0.25, 0.3) is 0 Å². The van der Waals surface area contributed by atoms with Gasteiger partial charge in [0.2, 0.25) is 0 Å². The predicted octanol–water partition coefficient (Wildman–Crippen LogP) is 2.95. The summed E-state index contributed by atoms with van der Waals surface area (Å²) in [5, 5.41) is 0. The summed E-state index contributed by atoms with van der Waals surface area (Å²) in [4.78, 5) is 37.7. The van der Waals surface area contributed by atoms with Crippen molar-refractivity contribution in [2.75, 3.05) is 13.2 Å². The Morgan fingerprint density at radius 2 is 1.58 bits per heavy atom. The van der Waals surface area contributed by atoms with Gasteiger partial charge in [-0.25, -0.2) is 0 Å². The fraction of sp³-hybridized carbons (Fsp3) is 0.421. The molecule has 0 bridgehead atoms. The van der Waals surface area contributed by atoms with Crippen LogP contribution in [-0.4, -0.2) is 30.9 Å². The van der Waals surface area contributed by atoms with Gasteiger partial charge in [0.1, 0.15) is 0 Å². The number of hydrogen-bond donors (Lipinski definition) is 0. The Morgan fingerprint density at radius 1 is 1.04 bits per heavy atom. The van der Waals surface area contributed by atoms with Gasteiger partial charge in [0.15, 0.2) is 11.2 Å². The molecular formula is C19H22O5. The van der Waals surface area contributed by atoms with Crippen molar-refractivity contribution in [3.05, 3.63) is 47.5 Å². The van der Waals surface area contributed by atoms with E-state index in [2.05, 4.69) is 0 Å². The van der Waals surface area contributed by atoms with E-state index in [1.807, 2.05) is 6.07 Å². The number of Topliss-reactive ketones (excluding diaryl/α,β-unsaturated/α-hetero) is 1. The van der Waals surface area contributed by atoms with E-state index >= 15 is 0 Å². The summed E-state index contributed by atoms with van der Waals surface area (Å²) in [5.41, 5.74) is -0.297. The second-order valence-electron chi connectivity index (χ2n) is 5.79. The minimum absolute atomic E-state index is 0.0459. The summed E-state index contributed by atoms with van der Waals surface area (Å²) < 4.78 is 10.2. The molecule has 1 aliphatic carbocycles. The highest BCUT2D eigenvalue weighted by molar-refractivity contribution is 6.07. The number of carbonyl (C=O) groups is 3. The summed E-state index contributed by atoms with van der Waals surface area (Å²) in [5.74, 6) is -1.97. The van der Waals surface area contributed by atoms with E-state index in [1.165, 1.54) is 6.08 Å². The standard InChI is InChI=1S/C19H22O5/c1-4-23-17(21)19(18(22)24-5-2)11-13(3)15(12-19)16(20)14-9-7-6-8-10-14/h6-11,15H,4-5,12H2,1-3H3. The first kappa shape index (κ1) is 17.9. The molecule has 2 rings (SSSR count). The molecule has 1 aromatic rings. The average molecular weight is 330 g/mol. The highest BCUT2D eigenvalue weighted by Crippen LogP contribution is 2.43. The van der Waals surface area contributed by atoms with Gasteiger partial charge < -0.3 is 9.47 Å². The van der Waals surface area contributed by atoms with Crippen molar-refractivity contribution in [2.45, 2.75) is 27.2 Å². The van der Waals surface area contributed by atoms with Gasteiger partial charge >= 0.3 is 11.9 Å². The van der Waals surface area contributed by atoms with Crippen LogP contribution in [0.3, 0.4) is 0 Å². The largest absolute Gasteiger partial charge is 0.465 e. The van der Waals surface area contributed by atoms with Crippen LogP contribution >= 0.6 is 0 Å². The van der Waals surface area contributed by atoms with E-state index in [0.717, 1.165) is 0 Å². The van der Waals surface area contributed by atoms with Gasteiger partial charge in [-0.3, -0.25) is 14.4 Å². The van der Waals surface area contributed by atoms with Crippen LogP contribution in [0.5, 0.6) is 0 Å². The molecule has 1 aliphatic rings. The van der Waals surface area contributed by atoms with Crippen LogP contribution in [0.2, 0.25) is 0 Å². The molecule has 0 aliphatic heterocycles. The molecule has 0 fully saturated rings. The first-order valence-corrected chi connectivity index (χ1v) is 8.09. The van der Waals surface area contributed by atoms with Gasteiger partial charge in [-0.1, -0.05) is 42.0 Å². The van der Waals surface area contributed by atoms with Crippen molar-refractivity contribution in [1.29, 1.82) is 0 Å². The molecule has 0 N–H and O–H groups in total. The van der Waals surface area contributed by atoms with E-state index in [4.69, 9.17) is 9.47 Å². The molecule has 0 amide bonds. The van der Waals surface area contributed by atoms with Gasteiger partial charge in [-0.05, 0) is 27.2 Å². The second kappa shape index (κ2) is 7.43. The summed E-state index contributed by atoms with van der Waals surface area (Å²) in [6.07, 6.45) is 1.58. The SMILES string of the molecule is CCOC(=O)C1(C(=O)OCC)C=C(C)C(C(=O)c2ccccc2)C1. The number of ether oxygens (including phenoxy) is 2. The molecule has 5 nitrogen and oxygen atoms in total.